The summed E-state index contributed by atoms with van der Waals surface area (Å²) in [5, 5.41) is 8.33. The molecule has 1 aliphatic heterocycles. The van der Waals surface area contributed by atoms with E-state index in [-0.39, 0.29) is 31.0 Å². The molecule has 1 saturated heterocycles. The van der Waals surface area contributed by atoms with Crippen LogP contribution in [0.2, 0.25) is 5.02 Å². The van der Waals surface area contributed by atoms with Crippen molar-refractivity contribution >= 4 is 29.9 Å². The van der Waals surface area contributed by atoms with Crippen LogP contribution in [0.4, 0.5) is 0 Å². The molecule has 1 aromatic carbocycles. The van der Waals surface area contributed by atoms with Gasteiger partial charge in [0.15, 0.2) is 12.4 Å². The molecular formula is C18H24Cl2N4O2. The van der Waals surface area contributed by atoms with Gasteiger partial charge in [-0.05, 0) is 31.5 Å². The lowest BCUT2D eigenvalue weighted by molar-refractivity contribution is -0.136. The van der Waals surface area contributed by atoms with Gasteiger partial charge in [0.05, 0.1) is 11.7 Å². The third-order valence-corrected chi connectivity index (χ3v) is 4.81. The molecule has 6 nitrogen and oxygen atoms in total. The van der Waals surface area contributed by atoms with Crippen LogP contribution in [0.15, 0.2) is 24.3 Å². The number of benzene rings is 1. The number of ether oxygens (including phenoxy) is 1. The van der Waals surface area contributed by atoms with Crippen molar-refractivity contribution in [3.8, 4) is 5.75 Å². The zero-order valence-corrected chi connectivity index (χ0v) is 16.7. The summed E-state index contributed by atoms with van der Waals surface area (Å²) in [6.45, 7) is 5.94. The minimum absolute atomic E-state index is 0. The van der Waals surface area contributed by atoms with E-state index in [0.717, 1.165) is 23.5 Å². The van der Waals surface area contributed by atoms with Gasteiger partial charge in [0.1, 0.15) is 5.69 Å². The normalized spacial score (nSPS) is 16.9. The Morgan fingerprint density at radius 2 is 2.19 bits per heavy atom. The lowest BCUT2D eigenvalue weighted by Crippen LogP contribution is -2.50. The van der Waals surface area contributed by atoms with Crippen LogP contribution < -0.4 is 10.1 Å². The van der Waals surface area contributed by atoms with Crippen molar-refractivity contribution in [1.29, 1.82) is 0 Å². The summed E-state index contributed by atoms with van der Waals surface area (Å²) in [5.74, 6) is 0.652. The third-order valence-electron chi connectivity index (χ3n) is 4.58. The molecule has 3 rings (SSSR count). The second kappa shape index (κ2) is 8.75. The number of hydrogen-bond acceptors (Lipinski definition) is 4. The van der Waals surface area contributed by atoms with E-state index in [1.165, 1.54) is 0 Å². The molecule has 26 heavy (non-hydrogen) atoms. The fourth-order valence-electron chi connectivity index (χ4n) is 3.19. The van der Waals surface area contributed by atoms with E-state index in [9.17, 15) is 4.79 Å². The molecule has 0 bridgehead atoms. The standard InChI is InChI=1S/C18H23ClN4O2.ClH/c1-12-18(13(2)22(3)21-12)25-11-17(24)23-8-7-20-10-16(23)14-5-4-6-15(19)9-14;/h4-6,9,16,20H,7-8,10-11H2,1-3H3;1H. The van der Waals surface area contributed by atoms with Crippen LogP contribution in [0.5, 0.6) is 5.75 Å². The Hall–Kier alpha value is -1.76. The smallest absolute Gasteiger partial charge is 0.261 e. The number of aryl methyl sites for hydroxylation is 2. The lowest BCUT2D eigenvalue weighted by atomic mass is 10.0. The molecule has 1 aliphatic rings. The molecule has 1 aromatic heterocycles. The maximum atomic E-state index is 12.8. The highest BCUT2D eigenvalue weighted by Gasteiger charge is 2.28. The number of carbonyl (C=O) groups excluding carboxylic acids is 1. The van der Waals surface area contributed by atoms with Crippen molar-refractivity contribution in [2.24, 2.45) is 7.05 Å². The van der Waals surface area contributed by atoms with Gasteiger partial charge in [0, 0.05) is 31.7 Å². The average Bonchev–Trinajstić information content (AvgIpc) is 2.85. The largest absolute Gasteiger partial charge is 0.480 e. The number of piperazine rings is 1. The van der Waals surface area contributed by atoms with Crippen molar-refractivity contribution in [3.63, 3.8) is 0 Å². The molecule has 1 unspecified atom stereocenters. The van der Waals surface area contributed by atoms with Gasteiger partial charge in [0.25, 0.3) is 5.91 Å². The van der Waals surface area contributed by atoms with Gasteiger partial charge in [0.2, 0.25) is 0 Å². The van der Waals surface area contributed by atoms with Crippen LogP contribution >= 0.6 is 24.0 Å². The van der Waals surface area contributed by atoms with Gasteiger partial charge in [-0.2, -0.15) is 5.10 Å². The van der Waals surface area contributed by atoms with Crippen LogP contribution in [0, 0.1) is 13.8 Å². The predicted octanol–water partition coefficient (Wildman–Crippen LogP) is 2.66. The lowest BCUT2D eigenvalue weighted by Gasteiger charge is -2.36. The Morgan fingerprint density at radius 1 is 1.42 bits per heavy atom. The van der Waals surface area contributed by atoms with E-state index in [2.05, 4.69) is 10.4 Å². The van der Waals surface area contributed by atoms with Gasteiger partial charge >= 0.3 is 0 Å². The van der Waals surface area contributed by atoms with Crippen LogP contribution in [0.1, 0.15) is 23.0 Å². The van der Waals surface area contributed by atoms with Gasteiger partial charge < -0.3 is 15.0 Å². The number of amides is 1. The maximum Gasteiger partial charge on any atom is 0.261 e. The van der Waals surface area contributed by atoms with E-state index in [1.807, 2.05) is 50.1 Å². The summed E-state index contributed by atoms with van der Waals surface area (Å²) in [4.78, 5) is 14.6. The predicted molar refractivity (Wildman–Crippen MR) is 104 cm³/mol. The summed E-state index contributed by atoms with van der Waals surface area (Å²) in [6.07, 6.45) is 0. The van der Waals surface area contributed by atoms with E-state index >= 15 is 0 Å². The van der Waals surface area contributed by atoms with Crippen LogP contribution in [-0.2, 0) is 11.8 Å². The number of rotatable bonds is 4. The first kappa shape index (κ1) is 20.6. The second-order valence-electron chi connectivity index (χ2n) is 6.27. The number of nitrogens with zero attached hydrogens (tertiary/aromatic N) is 3. The molecule has 1 amide bonds. The first-order valence-corrected chi connectivity index (χ1v) is 8.74. The molecule has 1 fully saturated rings. The Balaban J connectivity index is 0.00000243. The minimum atomic E-state index is -0.0420. The van der Waals surface area contributed by atoms with Gasteiger partial charge in [-0.15, -0.1) is 12.4 Å². The first-order valence-electron chi connectivity index (χ1n) is 8.36. The van der Waals surface area contributed by atoms with Crippen molar-refractivity contribution in [3.05, 3.63) is 46.2 Å². The van der Waals surface area contributed by atoms with E-state index in [0.29, 0.717) is 23.9 Å². The van der Waals surface area contributed by atoms with Crippen LogP contribution in [-0.4, -0.2) is 46.8 Å². The summed E-state index contributed by atoms with van der Waals surface area (Å²) < 4.78 is 7.55. The van der Waals surface area contributed by atoms with Gasteiger partial charge in [-0.1, -0.05) is 23.7 Å². The van der Waals surface area contributed by atoms with Crippen molar-refractivity contribution in [2.75, 3.05) is 26.2 Å². The fraction of sp³-hybridized carbons (Fsp3) is 0.444. The second-order valence-corrected chi connectivity index (χ2v) is 6.71. The zero-order valence-electron chi connectivity index (χ0n) is 15.2. The van der Waals surface area contributed by atoms with E-state index < -0.39 is 0 Å². The molecule has 2 aromatic rings. The van der Waals surface area contributed by atoms with E-state index in [1.54, 1.807) is 4.68 Å². The monoisotopic (exact) mass is 398 g/mol. The summed E-state index contributed by atoms with van der Waals surface area (Å²) in [7, 11) is 1.86. The Kier molecular flexibility index (Phi) is 6.92. The zero-order chi connectivity index (χ0) is 18.0. The highest BCUT2D eigenvalue weighted by Crippen LogP contribution is 2.26. The summed E-state index contributed by atoms with van der Waals surface area (Å²) in [5.41, 5.74) is 2.73. The maximum absolute atomic E-state index is 12.8. The molecular weight excluding hydrogens is 375 g/mol. The molecule has 0 saturated carbocycles. The van der Waals surface area contributed by atoms with Crippen molar-refractivity contribution < 1.29 is 9.53 Å². The number of halogens is 2. The quantitative estimate of drug-likeness (QED) is 0.859. The number of nitrogens with one attached hydrogen (secondary N) is 1. The van der Waals surface area contributed by atoms with E-state index in [4.69, 9.17) is 16.3 Å². The van der Waals surface area contributed by atoms with Crippen molar-refractivity contribution in [1.82, 2.24) is 20.0 Å². The van der Waals surface area contributed by atoms with Gasteiger partial charge in [-0.25, -0.2) is 0 Å². The molecule has 2 heterocycles. The third kappa shape index (κ3) is 4.31. The molecule has 0 aliphatic carbocycles. The molecule has 0 spiro atoms. The Bertz CT molecular complexity index is 779. The molecule has 0 radical (unpaired) electrons. The highest BCUT2D eigenvalue weighted by molar-refractivity contribution is 6.30. The average molecular weight is 399 g/mol. The molecule has 1 N–H and O–H groups in total. The molecule has 142 valence electrons. The topological polar surface area (TPSA) is 59.4 Å². The van der Waals surface area contributed by atoms with Crippen molar-refractivity contribution in [2.45, 2.75) is 19.9 Å². The molecule has 1 atom stereocenters. The Labute approximate surface area is 164 Å². The number of hydrogen-bond donors (Lipinski definition) is 1. The number of aromatic nitrogens is 2. The Morgan fingerprint density at radius 3 is 2.85 bits per heavy atom. The van der Waals surface area contributed by atoms with Crippen LogP contribution in [0.3, 0.4) is 0 Å². The minimum Gasteiger partial charge on any atom is -0.480 e. The highest BCUT2D eigenvalue weighted by atomic mass is 35.5. The molecule has 8 heteroatoms. The summed E-state index contributed by atoms with van der Waals surface area (Å²) in [6, 6.07) is 7.62. The SMILES string of the molecule is Cc1nn(C)c(C)c1OCC(=O)N1CCNCC1c1cccc(Cl)c1.Cl. The summed E-state index contributed by atoms with van der Waals surface area (Å²) >= 11 is 6.11. The van der Waals surface area contributed by atoms with Gasteiger partial charge in [-0.3, -0.25) is 9.48 Å². The number of carbonyl (C=O) groups is 1. The van der Waals surface area contributed by atoms with Crippen LogP contribution in [0.25, 0.3) is 0 Å². The fourth-order valence-corrected chi connectivity index (χ4v) is 3.39. The first-order chi connectivity index (χ1) is 12.0.